The molecule has 2 aromatic rings. The number of hydrogen-bond donors (Lipinski definition) is 0. The van der Waals surface area contributed by atoms with E-state index in [9.17, 15) is 9.59 Å². The second-order valence-corrected chi connectivity index (χ2v) is 8.00. The van der Waals surface area contributed by atoms with Crippen molar-refractivity contribution in [3.8, 4) is 0 Å². The molecule has 0 bridgehead atoms. The van der Waals surface area contributed by atoms with Gasteiger partial charge in [0.2, 0.25) is 0 Å². The van der Waals surface area contributed by atoms with Gasteiger partial charge < -0.3 is 14.4 Å². The lowest BCUT2D eigenvalue weighted by atomic mass is 9.59. The number of carbonyl (C=O) groups is 2. The van der Waals surface area contributed by atoms with Crippen LogP contribution in [0.1, 0.15) is 52.7 Å². The Labute approximate surface area is 158 Å². The van der Waals surface area contributed by atoms with Crippen LogP contribution in [0.3, 0.4) is 0 Å². The number of piperidine rings is 1. The van der Waals surface area contributed by atoms with Crippen molar-refractivity contribution < 1.29 is 9.59 Å². The van der Waals surface area contributed by atoms with Crippen molar-refractivity contribution in [2.24, 2.45) is 12.5 Å². The van der Waals surface area contributed by atoms with Crippen LogP contribution in [-0.2, 0) is 7.05 Å². The largest absolute Gasteiger partial charge is 0.347 e. The van der Waals surface area contributed by atoms with Crippen LogP contribution in [0.15, 0.2) is 24.5 Å². The first-order chi connectivity index (χ1) is 12.9. The van der Waals surface area contributed by atoms with Gasteiger partial charge in [-0.1, -0.05) is 5.21 Å². The van der Waals surface area contributed by atoms with E-state index in [1.54, 1.807) is 20.3 Å². The molecule has 0 aromatic carbocycles. The highest BCUT2D eigenvalue weighted by Gasteiger charge is 2.50. The monoisotopic (exact) mass is 370 g/mol. The Hall–Kier alpha value is -2.64. The molecule has 1 aliphatic heterocycles. The summed E-state index contributed by atoms with van der Waals surface area (Å²) in [5.74, 6) is -0.0227. The second-order valence-electron chi connectivity index (χ2n) is 8.00. The van der Waals surface area contributed by atoms with Gasteiger partial charge in [-0.15, -0.1) is 5.10 Å². The highest BCUT2D eigenvalue weighted by molar-refractivity contribution is 5.93. The molecule has 0 radical (unpaired) electrons. The molecular formula is C19H26N6O2. The number of aromatic nitrogens is 4. The van der Waals surface area contributed by atoms with Crippen molar-refractivity contribution in [2.75, 3.05) is 27.2 Å². The molecule has 1 saturated heterocycles. The van der Waals surface area contributed by atoms with Crippen LogP contribution >= 0.6 is 0 Å². The van der Waals surface area contributed by atoms with Crippen molar-refractivity contribution in [3.63, 3.8) is 0 Å². The first kappa shape index (κ1) is 17.8. The molecule has 1 unspecified atom stereocenters. The van der Waals surface area contributed by atoms with Crippen LogP contribution in [0.2, 0.25) is 0 Å². The number of aryl methyl sites for hydroxylation is 1. The van der Waals surface area contributed by atoms with E-state index < -0.39 is 0 Å². The summed E-state index contributed by atoms with van der Waals surface area (Å²) >= 11 is 0. The lowest BCUT2D eigenvalue weighted by molar-refractivity contribution is -0.0270. The molecule has 2 fully saturated rings. The Bertz CT molecular complexity index is 859. The molecule has 4 rings (SSSR count). The zero-order chi connectivity index (χ0) is 19.2. The van der Waals surface area contributed by atoms with Crippen molar-refractivity contribution in [2.45, 2.75) is 31.7 Å². The smallest absolute Gasteiger partial charge is 0.275 e. The Morgan fingerprint density at radius 3 is 2.52 bits per heavy atom. The molecule has 1 aliphatic carbocycles. The summed E-state index contributed by atoms with van der Waals surface area (Å²) in [7, 11) is 5.33. The summed E-state index contributed by atoms with van der Waals surface area (Å²) in [6.45, 7) is 1.53. The minimum absolute atomic E-state index is 0.104. The fraction of sp³-hybridized carbons (Fsp3) is 0.579. The Kier molecular flexibility index (Phi) is 4.28. The summed E-state index contributed by atoms with van der Waals surface area (Å²) in [5, 5.41) is 8.29. The average molecular weight is 370 g/mol. The molecule has 8 nitrogen and oxygen atoms in total. The van der Waals surface area contributed by atoms with Crippen molar-refractivity contribution in [3.05, 3.63) is 35.9 Å². The molecular weight excluding hydrogens is 344 g/mol. The van der Waals surface area contributed by atoms with Gasteiger partial charge in [0, 0.05) is 40.4 Å². The SMILES string of the molecule is CN(C)C(=O)c1cn(C2CCC23CCN(C(=O)c2cccn2C)CC3)nn1. The van der Waals surface area contributed by atoms with Crippen molar-refractivity contribution in [1.29, 1.82) is 0 Å². The summed E-state index contributed by atoms with van der Waals surface area (Å²) in [6, 6.07) is 4.04. The minimum atomic E-state index is -0.127. The number of likely N-dealkylation sites (tertiary alicyclic amines) is 1. The van der Waals surface area contributed by atoms with E-state index in [1.165, 1.54) is 4.90 Å². The molecule has 2 aliphatic rings. The van der Waals surface area contributed by atoms with Gasteiger partial charge >= 0.3 is 0 Å². The van der Waals surface area contributed by atoms with Crippen LogP contribution in [-0.4, -0.2) is 68.4 Å². The summed E-state index contributed by atoms with van der Waals surface area (Å²) in [4.78, 5) is 28.3. The molecule has 8 heteroatoms. The Morgan fingerprint density at radius 1 is 1.22 bits per heavy atom. The molecule has 3 heterocycles. The van der Waals surface area contributed by atoms with Gasteiger partial charge in [-0.05, 0) is 43.2 Å². The van der Waals surface area contributed by atoms with Gasteiger partial charge in [-0.25, -0.2) is 4.68 Å². The third kappa shape index (κ3) is 2.93. The van der Waals surface area contributed by atoms with Gasteiger partial charge in [0.05, 0.1) is 12.2 Å². The molecule has 2 amide bonds. The summed E-state index contributed by atoms with van der Waals surface area (Å²) < 4.78 is 3.74. The number of nitrogens with zero attached hydrogens (tertiary/aromatic N) is 6. The van der Waals surface area contributed by atoms with E-state index >= 15 is 0 Å². The number of carbonyl (C=O) groups excluding carboxylic acids is 2. The van der Waals surface area contributed by atoms with Crippen LogP contribution in [0, 0.1) is 5.41 Å². The number of hydrogen-bond acceptors (Lipinski definition) is 4. The minimum Gasteiger partial charge on any atom is -0.347 e. The molecule has 144 valence electrons. The van der Waals surface area contributed by atoms with E-state index in [1.807, 2.05) is 39.5 Å². The highest BCUT2D eigenvalue weighted by atomic mass is 16.2. The summed E-state index contributed by atoms with van der Waals surface area (Å²) in [6.07, 6.45) is 7.79. The topological polar surface area (TPSA) is 76.3 Å². The van der Waals surface area contributed by atoms with Crippen LogP contribution in [0.25, 0.3) is 0 Å². The fourth-order valence-corrected chi connectivity index (χ4v) is 4.43. The first-order valence-corrected chi connectivity index (χ1v) is 9.45. The molecule has 2 aromatic heterocycles. The maximum Gasteiger partial charge on any atom is 0.275 e. The molecule has 0 N–H and O–H groups in total. The summed E-state index contributed by atoms with van der Waals surface area (Å²) in [5.41, 5.74) is 1.29. The van der Waals surface area contributed by atoms with Crippen molar-refractivity contribution in [1.82, 2.24) is 29.4 Å². The van der Waals surface area contributed by atoms with Gasteiger partial charge in [0.1, 0.15) is 5.69 Å². The van der Waals surface area contributed by atoms with Crippen LogP contribution in [0.4, 0.5) is 0 Å². The number of amides is 2. The molecule has 1 spiro atoms. The Balaban J connectivity index is 1.43. The average Bonchev–Trinajstić information content (AvgIpc) is 3.29. The lowest BCUT2D eigenvalue weighted by Gasteiger charge is -2.53. The van der Waals surface area contributed by atoms with Crippen LogP contribution < -0.4 is 0 Å². The predicted octanol–water partition coefficient (Wildman–Crippen LogP) is 1.58. The molecule has 27 heavy (non-hydrogen) atoms. The standard InChI is InChI=1S/C19H26N6O2/c1-22(2)17(26)14-13-25(21-20-14)16-6-7-19(16)8-11-24(12-9-19)18(27)15-5-4-10-23(15)3/h4-5,10,13,16H,6-9,11-12H2,1-3H3. The van der Waals surface area contributed by atoms with Gasteiger partial charge in [0.15, 0.2) is 5.69 Å². The van der Waals surface area contributed by atoms with Gasteiger partial charge in [-0.3, -0.25) is 9.59 Å². The highest BCUT2D eigenvalue weighted by Crippen LogP contribution is 2.56. The zero-order valence-electron chi connectivity index (χ0n) is 16.1. The Morgan fingerprint density at radius 2 is 1.96 bits per heavy atom. The van der Waals surface area contributed by atoms with Gasteiger partial charge in [0.25, 0.3) is 11.8 Å². The molecule has 1 atom stereocenters. The lowest BCUT2D eigenvalue weighted by Crippen LogP contribution is -2.51. The van der Waals surface area contributed by atoms with E-state index in [4.69, 9.17) is 0 Å². The van der Waals surface area contributed by atoms with Crippen molar-refractivity contribution >= 4 is 11.8 Å². The third-order valence-corrected chi connectivity index (χ3v) is 6.29. The number of rotatable bonds is 3. The van der Waals surface area contributed by atoms with Gasteiger partial charge in [-0.2, -0.15) is 0 Å². The van der Waals surface area contributed by atoms with E-state index in [2.05, 4.69) is 10.3 Å². The van der Waals surface area contributed by atoms with E-state index in [-0.39, 0.29) is 23.3 Å². The second kappa shape index (κ2) is 6.51. The quantitative estimate of drug-likeness (QED) is 0.822. The normalized spacial score (nSPS) is 21.1. The fourth-order valence-electron chi connectivity index (χ4n) is 4.43. The molecule has 1 saturated carbocycles. The first-order valence-electron chi connectivity index (χ1n) is 9.45. The van der Waals surface area contributed by atoms with Crippen LogP contribution in [0.5, 0.6) is 0 Å². The maximum atomic E-state index is 12.7. The zero-order valence-corrected chi connectivity index (χ0v) is 16.1. The third-order valence-electron chi connectivity index (χ3n) is 6.29. The van der Waals surface area contributed by atoms with E-state index in [0.29, 0.717) is 5.69 Å². The maximum absolute atomic E-state index is 12.7. The van der Waals surface area contributed by atoms with E-state index in [0.717, 1.165) is 44.5 Å². The predicted molar refractivity (Wildman–Crippen MR) is 99.3 cm³/mol.